The number of hydrogen-bond donors (Lipinski definition) is 1. The lowest BCUT2D eigenvalue weighted by molar-refractivity contribution is 0.482. The monoisotopic (exact) mass is 464 g/mol. The van der Waals surface area contributed by atoms with Gasteiger partial charge < -0.3 is 10.5 Å². The molecule has 5 aromatic rings. The second-order valence-corrected chi connectivity index (χ2v) is 9.44. The molecule has 0 aliphatic rings. The van der Waals surface area contributed by atoms with Crippen LogP contribution in [-0.4, -0.2) is 19.1 Å². The van der Waals surface area contributed by atoms with E-state index in [1.54, 1.807) is 9.13 Å². The van der Waals surface area contributed by atoms with E-state index >= 15 is 0 Å². The molecule has 0 fully saturated rings. The van der Waals surface area contributed by atoms with Crippen molar-refractivity contribution in [2.75, 3.05) is 5.73 Å². The van der Waals surface area contributed by atoms with Gasteiger partial charge in [0.15, 0.2) is 11.5 Å². The maximum absolute atomic E-state index is 14.0. The summed E-state index contributed by atoms with van der Waals surface area (Å²) >= 11 is 0. The fraction of sp³-hybridized carbons (Fsp3) is 0.179. The Hall–Kier alpha value is -4.39. The van der Waals surface area contributed by atoms with Gasteiger partial charge in [-0.1, -0.05) is 51.1 Å². The van der Waals surface area contributed by atoms with Gasteiger partial charge in [0.1, 0.15) is 23.3 Å². The molecular formula is C28H26N5O2. The van der Waals surface area contributed by atoms with Gasteiger partial charge in [-0.3, -0.25) is 4.57 Å². The molecular weight excluding hydrogens is 438 g/mol. The van der Waals surface area contributed by atoms with Gasteiger partial charge in [0.25, 0.3) is 0 Å². The van der Waals surface area contributed by atoms with Crippen LogP contribution < -0.4 is 16.2 Å². The zero-order chi connectivity index (χ0) is 24.7. The summed E-state index contributed by atoms with van der Waals surface area (Å²) in [5.41, 5.74) is 9.96. The summed E-state index contributed by atoms with van der Waals surface area (Å²) in [7, 11) is 0. The molecule has 7 nitrogen and oxygen atoms in total. The molecule has 35 heavy (non-hydrogen) atoms. The minimum Gasteiger partial charge on any atom is -0.457 e. The van der Waals surface area contributed by atoms with E-state index in [1.165, 1.54) is 6.33 Å². The quantitative estimate of drug-likeness (QED) is 0.387. The highest BCUT2D eigenvalue weighted by atomic mass is 16.5. The van der Waals surface area contributed by atoms with Crippen molar-refractivity contribution in [1.82, 2.24) is 19.1 Å². The number of nitrogens with zero attached hydrogens (tertiary/aromatic N) is 4. The van der Waals surface area contributed by atoms with Crippen molar-refractivity contribution >= 4 is 17.0 Å². The van der Waals surface area contributed by atoms with Crippen molar-refractivity contribution < 1.29 is 4.74 Å². The Balaban J connectivity index is 1.73. The minimum atomic E-state index is -0.280. The number of ether oxygens (including phenoxy) is 1. The van der Waals surface area contributed by atoms with Crippen LogP contribution in [0.2, 0.25) is 0 Å². The van der Waals surface area contributed by atoms with Gasteiger partial charge in [0.05, 0.1) is 11.4 Å². The molecule has 0 aliphatic carbocycles. The van der Waals surface area contributed by atoms with Crippen molar-refractivity contribution in [2.24, 2.45) is 0 Å². The minimum absolute atomic E-state index is 0.205. The van der Waals surface area contributed by atoms with Crippen molar-refractivity contribution in [3.63, 3.8) is 0 Å². The molecule has 0 amide bonds. The molecule has 1 radical (unpaired) electrons. The van der Waals surface area contributed by atoms with E-state index in [4.69, 9.17) is 10.5 Å². The number of hydrogen-bond acceptors (Lipinski definition) is 5. The lowest BCUT2D eigenvalue weighted by atomic mass is 9.86. The van der Waals surface area contributed by atoms with E-state index in [1.807, 2.05) is 73.7 Å². The van der Waals surface area contributed by atoms with Crippen molar-refractivity contribution in [2.45, 2.75) is 33.1 Å². The largest absolute Gasteiger partial charge is 0.457 e. The molecule has 2 N–H and O–H groups in total. The topological polar surface area (TPSA) is 88.0 Å². The van der Waals surface area contributed by atoms with E-state index in [0.29, 0.717) is 28.3 Å². The molecule has 175 valence electrons. The normalized spacial score (nSPS) is 11.7. The number of imidazole rings is 1. The second kappa shape index (κ2) is 8.43. The first-order valence-electron chi connectivity index (χ1n) is 11.3. The van der Waals surface area contributed by atoms with Crippen molar-refractivity contribution in [3.05, 3.63) is 101 Å². The summed E-state index contributed by atoms with van der Waals surface area (Å²) in [5.74, 6) is 1.64. The van der Waals surface area contributed by atoms with Gasteiger partial charge in [-0.05, 0) is 65.9 Å². The summed E-state index contributed by atoms with van der Waals surface area (Å²) in [6.45, 7) is 8.25. The first-order valence-corrected chi connectivity index (χ1v) is 11.3. The van der Waals surface area contributed by atoms with E-state index < -0.39 is 0 Å². The molecule has 2 aromatic heterocycles. The molecule has 0 saturated heterocycles. The average molecular weight is 465 g/mol. The molecule has 2 heterocycles. The lowest BCUT2D eigenvalue weighted by Crippen LogP contribution is -2.25. The number of nitrogens with two attached hydrogens (primary N) is 1. The molecule has 3 aromatic carbocycles. The third-order valence-electron chi connectivity index (χ3n) is 5.93. The first kappa shape index (κ1) is 22.4. The molecule has 0 spiro atoms. The van der Waals surface area contributed by atoms with E-state index in [9.17, 15) is 4.79 Å². The van der Waals surface area contributed by atoms with Crippen LogP contribution in [0.25, 0.3) is 22.5 Å². The zero-order valence-electron chi connectivity index (χ0n) is 20.1. The maximum atomic E-state index is 14.0. The Labute approximate surface area is 203 Å². The maximum Gasteiger partial charge on any atom is 0.339 e. The molecule has 0 saturated carbocycles. The Bertz CT molecular complexity index is 1590. The number of aryl methyl sites for hydroxylation is 1. The third kappa shape index (κ3) is 3.95. The standard InChI is InChI=1S/C28H26N5O2/c1-18-16-20(35-19-10-6-5-7-11-19)14-15-22(18)32-24-25(29)30-17-31-26(24)33(27(32)34)23-13-9-8-12-21(23)28(2,3)4/h5-8,10-17H,1-4H3,(H2,29,30,31). The number of fused-ring (bicyclic) bond motifs is 1. The van der Waals surface area contributed by atoms with Gasteiger partial charge in [-0.25, -0.2) is 19.3 Å². The highest BCUT2D eigenvalue weighted by Crippen LogP contribution is 2.32. The number of rotatable bonds is 4. The van der Waals surface area contributed by atoms with Crippen molar-refractivity contribution in [1.29, 1.82) is 0 Å². The van der Waals surface area contributed by atoms with Crippen LogP contribution in [0.5, 0.6) is 11.5 Å². The second-order valence-electron chi connectivity index (χ2n) is 9.44. The molecule has 0 bridgehead atoms. The van der Waals surface area contributed by atoms with E-state index in [2.05, 4.69) is 36.8 Å². The number of para-hydroxylation sites is 1. The summed E-state index contributed by atoms with van der Waals surface area (Å²) in [4.78, 5) is 22.6. The van der Waals surface area contributed by atoms with Gasteiger partial charge in [0.2, 0.25) is 0 Å². The van der Waals surface area contributed by atoms with Crippen LogP contribution >= 0.6 is 0 Å². The van der Waals surface area contributed by atoms with Gasteiger partial charge >= 0.3 is 5.69 Å². The molecule has 0 aliphatic heterocycles. The number of nitrogen functional groups attached to an aromatic ring is 1. The van der Waals surface area contributed by atoms with Crippen molar-refractivity contribution in [3.8, 4) is 22.9 Å². The van der Waals surface area contributed by atoms with Crippen LogP contribution in [0.4, 0.5) is 5.82 Å². The fourth-order valence-electron chi connectivity index (χ4n) is 4.30. The highest BCUT2D eigenvalue weighted by molar-refractivity contribution is 5.85. The molecule has 7 heteroatoms. The van der Waals surface area contributed by atoms with Crippen LogP contribution in [0, 0.1) is 13.0 Å². The van der Waals surface area contributed by atoms with Crippen LogP contribution in [0.15, 0.2) is 77.9 Å². The molecule has 0 atom stereocenters. The van der Waals surface area contributed by atoms with Gasteiger partial charge in [-0.15, -0.1) is 0 Å². The highest BCUT2D eigenvalue weighted by Gasteiger charge is 2.25. The summed E-state index contributed by atoms with van der Waals surface area (Å²) < 4.78 is 9.14. The van der Waals surface area contributed by atoms with Crippen LogP contribution in [0.3, 0.4) is 0 Å². The summed E-state index contributed by atoms with van der Waals surface area (Å²) in [6, 6.07) is 23.9. The van der Waals surface area contributed by atoms with E-state index in [-0.39, 0.29) is 16.9 Å². The third-order valence-corrected chi connectivity index (χ3v) is 5.93. The van der Waals surface area contributed by atoms with Crippen LogP contribution in [-0.2, 0) is 5.41 Å². The van der Waals surface area contributed by atoms with Gasteiger partial charge in [-0.2, -0.15) is 0 Å². The van der Waals surface area contributed by atoms with Crippen LogP contribution in [0.1, 0.15) is 31.9 Å². The Morgan fingerprint density at radius 3 is 2.43 bits per heavy atom. The molecule has 5 rings (SSSR count). The Morgan fingerprint density at radius 2 is 1.71 bits per heavy atom. The average Bonchev–Trinajstić information content (AvgIpc) is 3.12. The Kier molecular flexibility index (Phi) is 5.40. The predicted molar refractivity (Wildman–Crippen MR) is 138 cm³/mol. The Morgan fingerprint density at radius 1 is 0.943 bits per heavy atom. The van der Waals surface area contributed by atoms with Gasteiger partial charge in [0, 0.05) is 0 Å². The first-order chi connectivity index (χ1) is 16.8. The molecule has 0 unspecified atom stereocenters. The zero-order valence-corrected chi connectivity index (χ0v) is 20.1. The predicted octanol–water partition coefficient (Wildman–Crippen LogP) is 5.35. The van der Waals surface area contributed by atoms with E-state index in [0.717, 1.165) is 16.9 Å². The summed E-state index contributed by atoms with van der Waals surface area (Å²) in [5, 5.41) is 0. The smallest absolute Gasteiger partial charge is 0.339 e. The lowest BCUT2D eigenvalue weighted by Gasteiger charge is -2.22. The number of anilines is 1. The summed E-state index contributed by atoms with van der Waals surface area (Å²) in [6.07, 6.45) is 1.38. The fourth-order valence-corrected chi connectivity index (χ4v) is 4.30. The number of benzene rings is 3. The number of aromatic nitrogens is 4. The SMILES string of the molecule is Cc1cc(Oc2ccccc2)ccc1-n1c(=O)n(-c2c[c]ccc2C(C)(C)C)c2ncnc(N)c21.